The van der Waals surface area contributed by atoms with Gasteiger partial charge in [0.25, 0.3) is 0 Å². The van der Waals surface area contributed by atoms with Crippen LogP contribution in [0.1, 0.15) is 45.6 Å². The van der Waals surface area contributed by atoms with Crippen molar-refractivity contribution in [1.29, 1.82) is 0 Å². The van der Waals surface area contributed by atoms with Crippen molar-refractivity contribution in [1.82, 2.24) is 9.78 Å². The summed E-state index contributed by atoms with van der Waals surface area (Å²) in [6, 6.07) is 1.44. The summed E-state index contributed by atoms with van der Waals surface area (Å²) in [6.45, 7) is 5.31. The van der Waals surface area contributed by atoms with Crippen LogP contribution < -0.4 is 0 Å². The Morgan fingerprint density at radius 3 is 2.68 bits per heavy atom. The summed E-state index contributed by atoms with van der Waals surface area (Å²) in [6.07, 6.45) is 3.55. The Morgan fingerprint density at radius 2 is 2.12 bits per heavy atom. The predicted molar refractivity (Wildman–Crippen MR) is 95.8 cm³/mol. The summed E-state index contributed by atoms with van der Waals surface area (Å²) >= 11 is 6.39. The van der Waals surface area contributed by atoms with E-state index in [1.807, 2.05) is 0 Å². The van der Waals surface area contributed by atoms with Gasteiger partial charge in [0.15, 0.2) is 15.6 Å². The summed E-state index contributed by atoms with van der Waals surface area (Å²) in [5, 5.41) is 4.72. The van der Waals surface area contributed by atoms with Gasteiger partial charge >= 0.3 is 0 Å². The molecule has 134 valence electrons. The molecule has 1 fully saturated rings. The van der Waals surface area contributed by atoms with Gasteiger partial charge in [-0.2, -0.15) is 5.10 Å². The van der Waals surface area contributed by atoms with Gasteiger partial charge in [-0.1, -0.05) is 11.6 Å². The van der Waals surface area contributed by atoms with E-state index in [9.17, 15) is 13.2 Å². The fraction of sp³-hybridized carbons (Fsp3) is 0.412. The van der Waals surface area contributed by atoms with Crippen LogP contribution in [0.4, 0.5) is 0 Å². The largest absolute Gasteiger partial charge is 0.466 e. The van der Waals surface area contributed by atoms with Crippen LogP contribution in [0, 0.1) is 20.8 Å². The summed E-state index contributed by atoms with van der Waals surface area (Å²) in [5.41, 5.74) is 1.78. The predicted octanol–water partition coefficient (Wildman–Crippen LogP) is 3.31. The third-order valence-corrected chi connectivity index (χ3v) is 6.46. The molecule has 0 amide bonds. The molecule has 0 radical (unpaired) electrons. The molecule has 0 unspecified atom stereocenters. The SMILES string of the molecule is Cc1cc(C(=O)/C=C/c2c(C)nn([C@@H]3CCS(=O)(=O)C3)c2Cl)c(C)o1. The molecule has 0 aliphatic carbocycles. The number of hydrogen-bond donors (Lipinski definition) is 0. The van der Waals surface area contributed by atoms with Gasteiger partial charge in [0.05, 0.1) is 28.8 Å². The molecule has 1 aliphatic heterocycles. The minimum atomic E-state index is -3.03. The lowest BCUT2D eigenvalue weighted by atomic mass is 10.1. The molecule has 2 aromatic heterocycles. The van der Waals surface area contributed by atoms with E-state index in [0.717, 1.165) is 0 Å². The maximum absolute atomic E-state index is 12.3. The minimum Gasteiger partial charge on any atom is -0.466 e. The van der Waals surface area contributed by atoms with Gasteiger partial charge < -0.3 is 4.42 Å². The Hall–Kier alpha value is -1.86. The summed E-state index contributed by atoms with van der Waals surface area (Å²) < 4.78 is 30.3. The number of furan rings is 1. The number of allylic oxidation sites excluding steroid dienone is 1. The smallest absolute Gasteiger partial charge is 0.189 e. The van der Waals surface area contributed by atoms with Crippen LogP contribution in [0.25, 0.3) is 6.08 Å². The zero-order valence-electron chi connectivity index (χ0n) is 14.2. The first kappa shape index (κ1) is 17.9. The number of aromatic nitrogens is 2. The fourth-order valence-corrected chi connectivity index (χ4v) is 5.12. The van der Waals surface area contributed by atoms with E-state index < -0.39 is 9.84 Å². The first-order chi connectivity index (χ1) is 11.7. The second-order valence-corrected chi connectivity index (χ2v) is 8.90. The highest BCUT2D eigenvalue weighted by Gasteiger charge is 2.31. The zero-order chi connectivity index (χ0) is 18.4. The van der Waals surface area contributed by atoms with Crippen molar-refractivity contribution in [3.05, 3.63) is 45.6 Å². The maximum Gasteiger partial charge on any atom is 0.189 e. The van der Waals surface area contributed by atoms with E-state index >= 15 is 0 Å². The van der Waals surface area contributed by atoms with E-state index in [-0.39, 0.29) is 23.3 Å². The third kappa shape index (κ3) is 3.57. The number of nitrogens with zero attached hydrogens (tertiary/aromatic N) is 2. The van der Waals surface area contributed by atoms with E-state index in [4.69, 9.17) is 16.0 Å². The maximum atomic E-state index is 12.3. The van der Waals surface area contributed by atoms with E-state index in [1.54, 1.807) is 37.6 Å². The third-order valence-electron chi connectivity index (χ3n) is 4.33. The number of carbonyl (C=O) groups excluding carboxylic acids is 1. The molecule has 25 heavy (non-hydrogen) atoms. The minimum absolute atomic E-state index is 0.0451. The van der Waals surface area contributed by atoms with Crippen LogP contribution in [0.15, 0.2) is 16.6 Å². The monoisotopic (exact) mass is 382 g/mol. The van der Waals surface area contributed by atoms with Crippen molar-refractivity contribution in [3.63, 3.8) is 0 Å². The zero-order valence-corrected chi connectivity index (χ0v) is 15.8. The van der Waals surface area contributed by atoms with Gasteiger partial charge in [-0.3, -0.25) is 4.79 Å². The average molecular weight is 383 g/mol. The summed E-state index contributed by atoms with van der Waals surface area (Å²) in [4.78, 5) is 12.3. The molecule has 1 aliphatic rings. The second-order valence-electron chi connectivity index (χ2n) is 6.32. The molecule has 3 heterocycles. The number of rotatable bonds is 4. The first-order valence-corrected chi connectivity index (χ1v) is 10.1. The normalized spacial score (nSPS) is 19.8. The van der Waals surface area contributed by atoms with Gasteiger partial charge in [0.2, 0.25) is 0 Å². The van der Waals surface area contributed by atoms with Crippen LogP contribution in [0.2, 0.25) is 5.15 Å². The van der Waals surface area contributed by atoms with E-state index in [0.29, 0.717) is 39.9 Å². The number of carbonyl (C=O) groups is 1. The van der Waals surface area contributed by atoms with E-state index in [1.165, 1.54) is 6.08 Å². The standard InChI is InChI=1S/C17H19ClN2O4S/c1-10-8-15(12(3)24-10)16(21)5-4-14-11(2)19-20(17(14)18)13-6-7-25(22,23)9-13/h4-5,8,13H,6-7,9H2,1-3H3/b5-4+/t13-/m1/s1. The molecule has 1 saturated heterocycles. The number of aryl methyl sites for hydroxylation is 3. The molecular weight excluding hydrogens is 364 g/mol. The Bertz CT molecular complexity index is 969. The van der Waals surface area contributed by atoms with Crippen molar-refractivity contribution in [3.8, 4) is 0 Å². The molecule has 3 rings (SSSR count). The van der Waals surface area contributed by atoms with Crippen molar-refractivity contribution in [2.75, 3.05) is 11.5 Å². The van der Waals surface area contributed by atoms with Crippen LogP contribution >= 0.6 is 11.6 Å². The second kappa shape index (κ2) is 6.46. The van der Waals surface area contributed by atoms with Crippen molar-refractivity contribution < 1.29 is 17.6 Å². The highest BCUT2D eigenvalue weighted by molar-refractivity contribution is 7.91. The number of hydrogen-bond acceptors (Lipinski definition) is 5. The summed E-state index contributed by atoms with van der Waals surface area (Å²) in [7, 11) is -3.03. The molecule has 2 aromatic rings. The topological polar surface area (TPSA) is 82.2 Å². The summed E-state index contributed by atoms with van der Waals surface area (Å²) in [5.74, 6) is 1.26. The van der Waals surface area contributed by atoms with Gasteiger partial charge in [-0.15, -0.1) is 0 Å². The molecule has 0 saturated carbocycles. The molecule has 0 aromatic carbocycles. The molecule has 0 N–H and O–H groups in total. The fourth-order valence-electron chi connectivity index (χ4n) is 3.06. The van der Waals surface area contributed by atoms with Crippen LogP contribution in [-0.2, 0) is 9.84 Å². The quantitative estimate of drug-likeness (QED) is 0.598. The lowest BCUT2D eigenvalue weighted by molar-refractivity contribution is 0.104. The van der Waals surface area contributed by atoms with Crippen molar-refractivity contribution >= 4 is 33.3 Å². The van der Waals surface area contributed by atoms with Crippen LogP contribution in [0.3, 0.4) is 0 Å². The number of ketones is 1. The van der Waals surface area contributed by atoms with Crippen molar-refractivity contribution in [2.45, 2.75) is 33.2 Å². The van der Waals surface area contributed by atoms with Crippen molar-refractivity contribution in [2.24, 2.45) is 0 Å². The first-order valence-electron chi connectivity index (χ1n) is 7.92. The van der Waals surface area contributed by atoms with Gasteiger partial charge in [-0.05, 0) is 45.4 Å². The van der Waals surface area contributed by atoms with Crippen LogP contribution in [0.5, 0.6) is 0 Å². The van der Waals surface area contributed by atoms with Gasteiger partial charge in [0, 0.05) is 5.56 Å². The molecule has 0 bridgehead atoms. The van der Waals surface area contributed by atoms with Gasteiger partial charge in [-0.25, -0.2) is 13.1 Å². The Balaban J connectivity index is 1.86. The molecule has 0 spiro atoms. The molecule has 1 atom stereocenters. The molecule has 6 nitrogen and oxygen atoms in total. The van der Waals surface area contributed by atoms with Crippen LogP contribution in [-0.4, -0.2) is 35.5 Å². The Kier molecular flexibility index (Phi) is 4.64. The average Bonchev–Trinajstić information content (AvgIpc) is 3.13. The van der Waals surface area contributed by atoms with Gasteiger partial charge in [0.1, 0.15) is 16.7 Å². The highest BCUT2D eigenvalue weighted by atomic mass is 35.5. The number of sulfone groups is 1. The lowest BCUT2D eigenvalue weighted by Crippen LogP contribution is -2.12. The lowest BCUT2D eigenvalue weighted by Gasteiger charge is -2.09. The Morgan fingerprint density at radius 1 is 1.40 bits per heavy atom. The Labute approximate surface area is 151 Å². The highest BCUT2D eigenvalue weighted by Crippen LogP contribution is 2.30. The number of halogens is 1. The molecule has 8 heteroatoms. The molecular formula is C17H19ClN2O4S. The van der Waals surface area contributed by atoms with E-state index in [2.05, 4.69) is 5.10 Å².